The number of ether oxygens (including phenoxy) is 1. The van der Waals surface area contributed by atoms with E-state index < -0.39 is 0 Å². The molecule has 23 heavy (non-hydrogen) atoms. The SMILES string of the molecule is CC(C)(C)c1ccc(OCc2cn(C/C(F)=C/CN)nn2)cc1. The summed E-state index contributed by atoms with van der Waals surface area (Å²) < 4.78 is 20.4. The van der Waals surface area contributed by atoms with Crippen LogP contribution < -0.4 is 10.5 Å². The van der Waals surface area contributed by atoms with Crippen molar-refractivity contribution in [2.75, 3.05) is 6.54 Å². The molecule has 2 N–H and O–H groups in total. The number of aromatic nitrogens is 3. The minimum Gasteiger partial charge on any atom is -0.487 e. The lowest BCUT2D eigenvalue weighted by atomic mass is 9.87. The van der Waals surface area contributed by atoms with Crippen LogP contribution in [0, 0.1) is 0 Å². The van der Waals surface area contributed by atoms with E-state index in [0.717, 1.165) is 5.75 Å². The van der Waals surface area contributed by atoms with Crippen LogP contribution in [0.15, 0.2) is 42.4 Å². The topological polar surface area (TPSA) is 66.0 Å². The monoisotopic (exact) mass is 318 g/mol. The summed E-state index contributed by atoms with van der Waals surface area (Å²) in [6, 6.07) is 7.99. The summed E-state index contributed by atoms with van der Waals surface area (Å²) in [6.07, 6.45) is 2.97. The summed E-state index contributed by atoms with van der Waals surface area (Å²) in [5.41, 5.74) is 7.26. The lowest BCUT2D eigenvalue weighted by Gasteiger charge is -2.19. The predicted octanol–water partition coefficient (Wildman–Crippen LogP) is 2.97. The maximum Gasteiger partial charge on any atom is 0.134 e. The fourth-order valence-corrected chi connectivity index (χ4v) is 2.04. The van der Waals surface area contributed by atoms with Crippen molar-refractivity contribution in [1.29, 1.82) is 0 Å². The smallest absolute Gasteiger partial charge is 0.134 e. The van der Waals surface area contributed by atoms with Gasteiger partial charge >= 0.3 is 0 Å². The van der Waals surface area contributed by atoms with E-state index in [2.05, 4.69) is 43.2 Å². The fourth-order valence-electron chi connectivity index (χ4n) is 2.04. The molecule has 0 aliphatic rings. The van der Waals surface area contributed by atoms with E-state index in [1.807, 2.05) is 12.1 Å². The first-order valence-electron chi connectivity index (χ1n) is 7.55. The number of halogens is 1. The van der Waals surface area contributed by atoms with Crippen LogP contribution in [-0.2, 0) is 18.6 Å². The van der Waals surface area contributed by atoms with E-state index in [1.165, 1.54) is 16.3 Å². The normalized spacial score (nSPS) is 12.5. The highest BCUT2D eigenvalue weighted by atomic mass is 19.1. The highest BCUT2D eigenvalue weighted by molar-refractivity contribution is 5.31. The lowest BCUT2D eigenvalue weighted by molar-refractivity contribution is 0.301. The molecule has 0 amide bonds. The Labute approximate surface area is 135 Å². The molecule has 1 aromatic carbocycles. The van der Waals surface area contributed by atoms with Gasteiger partial charge in [-0.2, -0.15) is 0 Å². The van der Waals surface area contributed by atoms with Crippen molar-refractivity contribution in [3.05, 3.63) is 53.6 Å². The number of allylic oxidation sites excluding steroid dienone is 1. The molecule has 5 nitrogen and oxygen atoms in total. The number of nitrogens with zero attached hydrogens (tertiary/aromatic N) is 3. The van der Waals surface area contributed by atoms with Gasteiger partial charge in [0.1, 0.15) is 23.9 Å². The second-order valence-electron chi connectivity index (χ2n) is 6.36. The van der Waals surface area contributed by atoms with Crippen LogP contribution in [-0.4, -0.2) is 21.5 Å². The van der Waals surface area contributed by atoms with Gasteiger partial charge in [0.25, 0.3) is 0 Å². The van der Waals surface area contributed by atoms with E-state index >= 15 is 0 Å². The second kappa shape index (κ2) is 7.37. The highest BCUT2D eigenvalue weighted by Crippen LogP contribution is 2.24. The Hall–Kier alpha value is -2.21. The Morgan fingerprint density at radius 2 is 2.00 bits per heavy atom. The maximum absolute atomic E-state index is 13.3. The first-order chi connectivity index (χ1) is 10.9. The summed E-state index contributed by atoms with van der Waals surface area (Å²) in [7, 11) is 0. The summed E-state index contributed by atoms with van der Waals surface area (Å²) in [5, 5.41) is 7.83. The average Bonchev–Trinajstić information content (AvgIpc) is 2.92. The van der Waals surface area contributed by atoms with Crippen LogP contribution in [0.1, 0.15) is 32.0 Å². The molecule has 2 rings (SSSR count). The van der Waals surface area contributed by atoms with Gasteiger partial charge in [0.05, 0.1) is 12.7 Å². The zero-order valence-electron chi connectivity index (χ0n) is 13.8. The largest absolute Gasteiger partial charge is 0.487 e. The van der Waals surface area contributed by atoms with Crippen molar-refractivity contribution in [2.24, 2.45) is 5.73 Å². The Morgan fingerprint density at radius 3 is 2.61 bits per heavy atom. The van der Waals surface area contributed by atoms with Crippen LogP contribution in [0.25, 0.3) is 0 Å². The van der Waals surface area contributed by atoms with Crippen LogP contribution >= 0.6 is 0 Å². The van der Waals surface area contributed by atoms with Gasteiger partial charge in [-0.15, -0.1) is 5.10 Å². The molecule has 0 atom stereocenters. The fraction of sp³-hybridized carbons (Fsp3) is 0.412. The first kappa shape index (κ1) is 17.1. The Kier molecular flexibility index (Phi) is 5.50. The van der Waals surface area contributed by atoms with Gasteiger partial charge in [0.2, 0.25) is 0 Å². The van der Waals surface area contributed by atoms with Gasteiger partial charge in [-0.1, -0.05) is 38.1 Å². The average molecular weight is 318 g/mol. The maximum atomic E-state index is 13.3. The molecule has 1 aromatic heterocycles. The molecule has 0 saturated carbocycles. The van der Waals surface area contributed by atoms with Crippen molar-refractivity contribution in [1.82, 2.24) is 15.0 Å². The van der Waals surface area contributed by atoms with Gasteiger partial charge in [-0.3, -0.25) is 0 Å². The third kappa shape index (κ3) is 5.17. The molecule has 6 heteroatoms. The van der Waals surface area contributed by atoms with E-state index in [-0.39, 0.29) is 30.9 Å². The molecule has 0 fully saturated rings. The zero-order valence-corrected chi connectivity index (χ0v) is 13.8. The second-order valence-corrected chi connectivity index (χ2v) is 6.36. The van der Waals surface area contributed by atoms with E-state index in [9.17, 15) is 4.39 Å². The molecule has 0 bridgehead atoms. The third-order valence-corrected chi connectivity index (χ3v) is 3.35. The van der Waals surface area contributed by atoms with Gasteiger partial charge in [0, 0.05) is 6.54 Å². The molecule has 0 saturated heterocycles. The Morgan fingerprint density at radius 1 is 1.30 bits per heavy atom. The minimum absolute atomic E-state index is 0.0322. The van der Waals surface area contributed by atoms with Gasteiger partial charge in [-0.05, 0) is 29.2 Å². The molecule has 0 aliphatic heterocycles. The minimum atomic E-state index is -0.331. The number of hydrogen-bond donors (Lipinski definition) is 1. The molecule has 2 aromatic rings. The molecular formula is C17H23FN4O. The number of rotatable bonds is 6. The van der Waals surface area contributed by atoms with Crippen molar-refractivity contribution >= 4 is 0 Å². The molecule has 0 aliphatic carbocycles. The highest BCUT2D eigenvalue weighted by Gasteiger charge is 2.13. The first-order valence-corrected chi connectivity index (χ1v) is 7.55. The quantitative estimate of drug-likeness (QED) is 0.889. The zero-order chi connectivity index (χ0) is 16.9. The Balaban J connectivity index is 1.91. The summed E-state index contributed by atoms with van der Waals surface area (Å²) in [5.74, 6) is 0.435. The van der Waals surface area contributed by atoms with Crippen LogP contribution in [0.3, 0.4) is 0 Å². The summed E-state index contributed by atoms with van der Waals surface area (Å²) >= 11 is 0. The van der Waals surface area contributed by atoms with Crippen LogP contribution in [0.2, 0.25) is 0 Å². The molecule has 0 radical (unpaired) electrons. The molecule has 0 spiro atoms. The molecule has 0 unspecified atom stereocenters. The van der Waals surface area contributed by atoms with Crippen molar-refractivity contribution < 1.29 is 9.13 Å². The number of nitrogens with two attached hydrogens (primary N) is 1. The van der Waals surface area contributed by atoms with Crippen molar-refractivity contribution in [3.63, 3.8) is 0 Å². The van der Waals surface area contributed by atoms with E-state index in [1.54, 1.807) is 6.20 Å². The van der Waals surface area contributed by atoms with Crippen LogP contribution in [0.4, 0.5) is 4.39 Å². The molecule has 1 heterocycles. The van der Waals surface area contributed by atoms with Gasteiger partial charge in [0.15, 0.2) is 0 Å². The van der Waals surface area contributed by atoms with Crippen molar-refractivity contribution in [3.8, 4) is 5.75 Å². The summed E-state index contributed by atoms with van der Waals surface area (Å²) in [4.78, 5) is 0. The van der Waals surface area contributed by atoms with Gasteiger partial charge in [-0.25, -0.2) is 9.07 Å². The van der Waals surface area contributed by atoms with Crippen LogP contribution in [0.5, 0.6) is 5.75 Å². The number of benzene rings is 1. The summed E-state index contributed by atoms with van der Waals surface area (Å²) in [6.45, 7) is 6.99. The standard InChI is InChI=1S/C17H23FN4O/c1-17(2,3)13-4-6-16(7-5-13)23-12-15-11-22(21-20-15)10-14(18)8-9-19/h4-8,11H,9-10,12,19H2,1-3H3/b14-8-. The molecular weight excluding hydrogens is 295 g/mol. The van der Waals surface area contributed by atoms with E-state index in [4.69, 9.17) is 10.5 Å². The van der Waals surface area contributed by atoms with E-state index in [0.29, 0.717) is 5.69 Å². The molecule has 124 valence electrons. The van der Waals surface area contributed by atoms with Gasteiger partial charge < -0.3 is 10.5 Å². The Bertz CT molecular complexity index is 656. The third-order valence-electron chi connectivity index (χ3n) is 3.35. The lowest BCUT2D eigenvalue weighted by Crippen LogP contribution is -2.10. The van der Waals surface area contributed by atoms with Crippen molar-refractivity contribution in [2.45, 2.75) is 39.3 Å². The number of hydrogen-bond acceptors (Lipinski definition) is 4. The predicted molar refractivity (Wildman–Crippen MR) is 87.7 cm³/mol.